The van der Waals surface area contributed by atoms with E-state index in [-0.39, 0.29) is 0 Å². The van der Waals surface area contributed by atoms with Crippen LogP contribution in [0.15, 0.2) is 28.7 Å². The minimum atomic E-state index is 0.649. The van der Waals surface area contributed by atoms with Crippen LogP contribution < -0.4 is 5.32 Å². The van der Waals surface area contributed by atoms with Gasteiger partial charge in [-0.1, -0.05) is 48.0 Å². The number of halogens is 1. The monoisotopic (exact) mass is 296 g/mol. The highest BCUT2D eigenvalue weighted by Crippen LogP contribution is 2.21. The molecule has 0 saturated carbocycles. The summed E-state index contributed by atoms with van der Waals surface area (Å²) in [6.45, 7) is 9.03. The Labute approximate surface area is 113 Å². The van der Waals surface area contributed by atoms with Crippen molar-refractivity contribution in [2.24, 2.45) is 5.92 Å². The molecule has 3 heteroatoms. The number of hydrogen-bond donors (Lipinski definition) is 1. The van der Waals surface area contributed by atoms with Gasteiger partial charge in [-0.25, -0.2) is 0 Å². The first-order valence-corrected chi connectivity index (χ1v) is 7.16. The maximum atomic E-state index is 3.64. The second kappa shape index (κ2) is 5.98. The summed E-state index contributed by atoms with van der Waals surface area (Å²) >= 11 is 3.64. The van der Waals surface area contributed by atoms with Crippen molar-refractivity contribution in [1.82, 2.24) is 10.2 Å². The second-order valence-corrected chi connectivity index (χ2v) is 5.93. The predicted octanol–water partition coefficient (Wildman–Crippen LogP) is 2.88. The Morgan fingerprint density at radius 3 is 2.88 bits per heavy atom. The molecule has 1 aromatic rings. The molecule has 1 fully saturated rings. The molecule has 1 atom stereocenters. The Hall–Kier alpha value is -0.380. The average Bonchev–Trinajstić information content (AvgIpc) is 2.32. The molecule has 1 heterocycles. The summed E-state index contributed by atoms with van der Waals surface area (Å²) in [5, 5.41) is 3.49. The molecule has 1 aliphatic heterocycles. The number of hydrogen-bond acceptors (Lipinski definition) is 2. The van der Waals surface area contributed by atoms with E-state index in [1.807, 2.05) is 0 Å². The molecular weight excluding hydrogens is 276 g/mol. The molecule has 0 amide bonds. The van der Waals surface area contributed by atoms with Crippen molar-refractivity contribution in [2.75, 3.05) is 19.6 Å². The summed E-state index contributed by atoms with van der Waals surface area (Å²) in [5.41, 5.74) is 1.39. The topological polar surface area (TPSA) is 15.3 Å². The summed E-state index contributed by atoms with van der Waals surface area (Å²) in [6.07, 6.45) is 0. The summed E-state index contributed by atoms with van der Waals surface area (Å²) in [7, 11) is 0. The smallest absolute Gasteiger partial charge is 0.0249 e. The summed E-state index contributed by atoms with van der Waals surface area (Å²) < 4.78 is 1.22. The standard InChI is InChI=1S/C14H21BrN2/c1-11(2)14-9-16-7-8-17(14)10-12-5-3-4-6-13(12)15/h3-6,11,14,16H,7-10H2,1-2H3. The third-order valence-electron chi connectivity index (χ3n) is 3.50. The first-order valence-electron chi connectivity index (χ1n) is 6.36. The van der Waals surface area contributed by atoms with E-state index in [0.29, 0.717) is 12.0 Å². The van der Waals surface area contributed by atoms with Crippen molar-refractivity contribution in [1.29, 1.82) is 0 Å². The van der Waals surface area contributed by atoms with E-state index < -0.39 is 0 Å². The van der Waals surface area contributed by atoms with Crippen LogP contribution in [0.1, 0.15) is 19.4 Å². The van der Waals surface area contributed by atoms with Gasteiger partial charge in [-0.3, -0.25) is 4.90 Å². The fraction of sp³-hybridized carbons (Fsp3) is 0.571. The highest BCUT2D eigenvalue weighted by molar-refractivity contribution is 9.10. The molecule has 1 saturated heterocycles. The number of benzene rings is 1. The molecule has 0 aliphatic carbocycles. The summed E-state index contributed by atoms with van der Waals surface area (Å²) in [4.78, 5) is 2.60. The normalized spacial score (nSPS) is 22.0. The first-order chi connectivity index (χ1) is 8.18. The minimum Gasteiger partial charge on any atom is -0.314 e. The van der Waals surface area contributed by atoms with Gasteiger partial charge in [0.25, 0.3) is 0 Å². The number of piperazine rings is 1. The highest BCUT2D eigenvalue weighted by atomic mass is 79.9. The van der Waals surface area contributed by atoms with Crippen molar-refractivity contribution >= 4 is 15.9 Å². The lowest BCUT2D eigenvalue weighted by Gasteiger charge is -2.38. The van der Waals surface area contributed by atoms with Crippen molar-refractivity contribution in [3.63, 3.8) is 0 Å². The van der Waals surface area contributed by atoms with Crippen molar-refractivity contribution in [2.45, 2.75) is 26.4 Å². The fourth-order valence-corrected chi connectivity index (χ4v) is 2.88. The van der Waals surface area contributed by atoms with Gasteiger partial charge in [-0.2, -0.15) is 0 Å². The molecule has 17 heavy (non-hydrogen) atoms. The van der Waals surface area contributed by atoms with Crippen LogP contribution in [-0.2, 0) is 6.54 Å². The molecule has 94 valence electrons. The molecule has 2 nitrogen and oxygen atoms in total. The minimum absolute atomic E-state index is 0.649. The van der Waals surface area contributed by atoms with Crippen LogP contribution in [-0.4, -0.2) is 30.6 Å². The van der Waals surface area contributed by atoms with E-state index in [1.165, 1.54) is 10.0 Å². The SMILES string of the molecule is CC(C)C1CNCCN1Cc1ccccc1Br. The average molecular weight is 297 g/mol. The van der Waals surface area contributed by atoms with Crippen LogP contribution in [0.2, 0.25) is 0 Å². The first kappa shape index (κ1) is 13.1. The molecule has 0 spiro atoms. The Bertz CT molecular complexity index is 365. The number of nitrogens with zero attached hydrogens (tertiary/aromatic N) is 1. The van der Waals surface area contributed by atoms with E-state index in [2.05, 4.69) is 64.3 Å². The van der Waals surface area contributed by atoms with Crippen LogP contribution in [0.3, 0.4) is 0 Å². The molecule has 1 N–H and O–H groups in total. The molecule has 0 bridgehead atoms. The molecule has 0 radical (unpaired) electrons. The maximum Gasteiger partial charge on any atom is 0.0249 e. The van der Waals surface area contributed by atoms with Crippen molar-refractivity contribution in [3.05, 3.63) is 34.3 Å². The van der Waals surface area contributed by atoms with Crippen LogP contribution >= 0.6 is 15.9 Å². The zero-order chi connectivity index (χ0) is 12.3. The van der Waals surface area contributed by atoms with Gasteiger partial charge < -0.3 is 5.32 Å². The van der Waals surface area contributed by atoms with E-state index in [0.717, 1.165) is 26.2 Å². The van der Waals surface area contributed by atoms with Gasteiger partial charge in [0.05, 0.1) is 0 Å². The van der Waals surface area contributed by atoms with E-state index in [1.54, 1.807) is 0 Å². The molecule has 1 unspecified atom stereocenters. The molecule has 1 aliphatic rings. The molecule has 1 aromatic carbocycles. The largest absolute Gasteiger partial charge is 0.314 e. The lowest BCUT2D eigenvalue weighted by atomic mass is 10.00. The van der Waals surface area contributed by atoms with Crippen LogP contribution in [0.5, 0.6) is 0 Å². The molecule has 0 aromatic heterocycles. The fourth-order valence-electron chi connectivity index (χ4n) is 2.47. The van der Waals surface area contributed by atoms with Gasteiger partial charge in [0, 0.05) is 36.7 Å². The second-order valence-electron chi connectivity index (χ2n) is 5.08. The number of nitrogens with one attached hydrogen (secondary N) is 1. The molecule has 2 rings (SSSR count). The van der Waals surface area contributed by atoms with Crippen molar-refractivity contribution < 1.29 is 0 Å². The zero-order valence-corrected chi connectivity index (χ0v) is 12.2. The Morgan fingerprint density at radius 2 is 2.18 bits per heavy atom. The predicted molar refractivity (Wildman–Crippen MR) is 76.0 cm³/mol. The van der Waals surface area contributed by atoms with Gasteiger partial charge >= 0.3 is 0 Å². The van der Waals surface area contributed by atoms with Gasteiger partial charge in [0.2, 0.25) is 0 Å². The third kappa shape index (κ3) is 3.30. The van der Waals surface area contributed by atoms with E-state index in [4.69, 9.17) is 0 Å². The number of rotatable bonds is 3. The van der Waals surface area contributed by atoms with E-state index in [9.17, 15) is 0 Å². The lowest BCUT2D eigenvalue weighted by molar-refractivity contribution is 0.117. The van der Waals surface area contributed by atoms with Gasteiger partial charge in [-0.15, -0.1) is 0 Å². The lowest BCUT2D eigenvalue weighted by Crippen LogP contribution is -2.52. The summed E-state index contributed by atoms with van der Waals surface area (Å²) in [5.74, 6) is 0.699. The molecular formula is C14H21BrN2. The summed E-state index contributed by atoms with van der Waals surface area (Å²) in [6, 6.07) is 9.18. The van der Waals surface area contributed by atoms with Gasteiger partial charge in [-0.05, 0) is 17.5 Å². The quantitative estimate of drug-likeness (QED) is 0.923. The Kier molecular flexibility index (Phi) is 4.60. The Balaban J connectivity index is 2.08. The van der Waals surface area contributed by atoms with E-state index >= 15 is 0 Å². The highest BCUT2D eigenvalue weighted by Gasteiger charge is 2.24. The van der Waals surface area contributed by atoms with Gasteiger partial charge in [0.1, 0.15) is 0 Å². The van der Waals surface area contributed by atoms with Gasteiger partial charge in [0.15, 0.2) is 0 Å². The van der Waals surface area contributed by atoms with Crippen LogP contribution in [0, 0.1) is 5.92 Å². The van der Waals surface area contributed by atoms with Crippen LogP contribution in [0.4, 0.5) is 0 Å². The third-order valence-corrected chi connectivity index (χ3v) is 4.27. The van der Waals surface area contributed by atoms with Crippen molar-refractivity contribution in [3.8, 4) is 0 Å². The maximum absolute atomic E-state index is 3.64. The van der Waals surface area contributed by atoms with Crippen LogP contribution in [0.25, 0.3) is 0 Å². The Morgan fingerprint density at radius 1 is 1.41 bits per heavy atom. The zero-order valence-electron chi connectivity index (χ0n) is 10.6.